The van der Waals surface area contributed by atoms with Crippen molar-refractivity contribution in [2.45, 2.75) is 51.4 Å². The molecule has 0 aromatic heterocycles. The molecule has 3 aliphatic carbocycles. The van der Waals surface area contributed by atoms with Crippen LogP contribution in [0.15, 0.2) is 30.9 Å². The molecule has 2 fully saturated rings. The van der Waals surface area contributed by atoms with Crippen LogP contribution in [0.3, 0.4) is 0 Å². The maximum absolute atomic E-state index is 12.4. The first kappa shape index (κ1) is 15.0. The molecule has 2 nitrogen and oxygen atoms in total. The van der Waals surface area contributed by atoms with Gasteiger partial charge in [-0.05, 0) is 73.1 Å². The van der Waals surface area contributed by atoms with E-state index in [0.717, 1.165) is 31.4 Å². The van der Waals surface area contributed by atoms with Gasteiger partial charge in [0.1, 0.15) is 18.1 Å². The van der Waals surface area contributed by atoms with Crippen molar-refractivity contribution in [1.82, 2.24) is 0 Å². The SMILES string of the molecule is C=CCOc1ccc2c(c1)CC[C@H]1[C@H]3CCC(=O)[C@@]3(C)CC[C@@H]21. The number of Topliss-reactive ketones (excluding diaryl/α,β-unsaturated/α-hetero) is 1. The zero-order valence-electron chi connectivity index (χ0n) is 14.0. The third kappa shape index (κ3) is 2.26. The molecule has 0 saturated heterocycles. The van der Waals surface area contributed by atoms with E-state index >= 15 is 0 Å². The Labute approximate surface area is 138 Å². The Balaban J connectivity index is 1.62. The topological polar surface area (TPSA) is 26.3 Å². The largest absolute Gasteiger partial charge is 0.490 e. The molecule has 0 spiro atoms. The summed E-state index contributed by atoms with van der Waals surface area (Å²) in [5.74, 6) is 3.45. The summed E-state index contributed by atoms with van der Waals surface area (Å²) < 4.78 is 5.69. The molecule has 0 heterocycles. The van der Waals surface area contributed by atoms with Crippen LogP contribution in [-0.2, 0) is 11.2 Å². The number of rotatable bonds is 3. The van der Waals surface area contributed by atoms with Crippen molar-refractivity contribution >= 4 is 5.78 Å². The number of hydrogen-bond donors (Lipinski definition) is 0. The highest BCUT2D eigenvalue weighted by Gasteiger charge is 2.54. The summed E-state index contributed by atoms with van der Waals surface area (Å²) in [4.78, 5) is 12.4. The third-order valence-electron chi connectivity index (χ3n) is 6.77. The molecule has 0 N–H and O–H groups in total. The van der Waals surface area contributed by atoms with E-state index in [9.17, 15) is 4.79 Å². The predicted molar refractivity (Wildman–Crippen MR) is 91.8 cm³/mol. The lowest BCUT2D eigenvalue weighted by molar-refractivity contribution is -0.129. The van der Waals surface area contributed by atoms with Gasteiger partial charge in [-0.1, -0.05) is 25.6 Å². The van der Waals surface area contributed by atoms with Crippen LogP contribution < -0.4 is 4.74 Å². The molecule has 0 unspecified atom stereocenters. The second-order valence-corrected chi connectivity index (χ2v) is 7.79. The number of fused-ring (bicyclic) bond motifs is 5. The van der Waals surface area contributed by atoms with Crippen LogP contribution in [0.1, 0.15) is 56.1 Å². The standard InChI is InChI=1S/C21H26O2/c1-3-12-23-15-5-7-16-14(13-15)4-6-18-17(16)10-11-21(2)19(18)8-9-20(21)22/h3,5,7,13,17-19H,1,4,6,8-12H2,2H3/t17-,18+,19+,21-/m0/s1. The summed E-state index contributed by atoms with van der Waals surface area (Å²) >= 11 is 0. The van der Waals surface area contributed by atoms with Gasteiger partial charge in [0.15, 0.2) is 0 Å². The van der Waals surface area contributed by atoms with Crippen LogP contribution in [0.4, 0.5) is 0 Å². The number of aryl methyl sites for hydroxylation is 1. The first-order chi connectivity index (χ1) is 11.1. The maximum atomic E-state index is 12.4. The van der Waals surface area contributed by atoms with E-state index in [1.807, 2.05) is 0 Å². The molecule has 0 bridgehead atoms. The lowest BCUT2D eigenvalue weighted by atomic mass is 9.55. The van der Waals surface area contributed by atoms with Gasteiger partial charge in [0.25, 0.3) is 0 Å². The first-order valence-electron chi connectivity index (χ1n) is 9.03. The Morgan fingerprint density at radius 1 is 1.30 bits per heavy atom. The average molecular weight is 310 g/mol. The summed E-state index contributed by atoms with van der Waals surface area (Å²) in [6.07, 6.45) is 8.32. The molecule has 4 rings (SSSR count). The average Bonchev–Trinajstić information content (AvgIpc) is 2.88. The van der Waals surface area contributed by atoms with Crippen molar-refractivity contribution in [1.29, 1.82) is 0 Å². The van der Waals surface area contributed by atoms with Crippen molar-refractivity contribution in [2.75, 3.05) is 6.61 Å². The van der Waals surface area contributed by atoms with Crippen molar-refractivity contribution < 1.29 is 9.53 Å². The minimum Gasteiger partial charge on any atom is -0.490 e. The summed E-state index contributed by atoms with van der Waals surface area (Å²) in [6, 6.07) is 6.62. The number of carbonyl (C=O) groups excluding carboxylic acids is 1. The highest BCUT2D eigenvalue weighted by molar-refractivity contribution is 5.87. The Bertz CT molecular complexity index is 647. The molecule has 1 aromatic carbocycles. The van der Waals surface area contributed by atoms with E-state index in [4.69, 9.17) is 4.74 Å². The molecule has 2 saturated carbocycles. The second kappa shape index (κ2) is 5.51. The Morgan fingerprint density at radius 3 is 3.00 bits per heavy atom. The predicted octanol–water partition coefficient (Wildman–Crippen LogP) is 4.68. The summed E-state index contributed by atoms with van der Waals surface area (Å²) in [7, 11) is 0. The maximum Gasteiger partial charge on any atom is 0.139 e. The van der Waals surface area contributed by atoms with Gasteiger partial charge < -0.3 is 4.74 Å². The molecule has 23 heavy (non-hydrogen) atoms. The summed E-state index contributed by atoms with van der Waals surface area (Å²) in [6.45, 7) is 6.51. The van der Waals surface area contributed by atoms with Crippen LogP contribution >= 0.6 is 0 Å². The van der Waals surface area contributed by atoms with E-state index in [2.05, 4.69) is 31.7 Å². The van der Waals surface area contributed by atoms with Gasteiger partial charge >= 0.3 is 0 Å². The highest BCUT2D eigenvalue weighted by atomic mass is 16.5. The van der Waals surface area contributed by atoms with E-state index < -0.39 is 0 Å². The third-order valence-corrected chi connectivity index (χ3v) is 6.77. The van der Waals surface area contributed by atoms with Crippen LogP contribution in [0.25, 0.3) is 0 Å². The van der Waals surface area contributed by atoms with Gasteiger partial charge in [0.2, 0.25) is 0 Å². The number of hydrogen-bond acceptors (Lipinski definition) is 2. The van der Waals surface area contributed by atoms with Gasteiger partial charge in [-0.3, -0.25) is 4.79 Å². The number of ketones is 1. The van der Waals surface area contributed by atoms with Crippen LogP contribution in [-0.4, -0.2) is 12.4 Å². The normalized spacial score (nSPS) is 35.2. The molecule has 122 valence electrons. The lowest BCUT2D eigenvalue weighted by Gasteiger charge is -2.48. The fourth-order valence-electron chi connectivity index (χ4n) is 5.57. The molecule has 1 aromatic rings. The molecule has 3 aliphatic rings. The Morgan fingerprint density at radius 2 is 2.17 bits per heavy atom. The van der Waals surface area contributed by atoms with Crippen molar-refractivity contribution in [3.8, 4) is 5.75 Å². The lowest BCUT2D eigenvalue weighted by Crippen LogP contribution is -2.42. The van der Waals surface area contributed by atoms with Crippen molar-refractivity contribution in [3.05, 3.63) is 42.0 Å². The van der Waals surface area contributed by atoms with E-state index in [-0.39, 0.29) is 5.41 Å². The Kier molecular flexibility index (Phi) is 3.59. The van der Waals surface area contributed by atoms with Crippen molar-refractivity contribution in [3.63, 3.8) is 0 Å². The molecule has 4 atom stereocenters. The van der Waals surface area contributed by atoms with Gasteiger partial charge in [-0.25, -0.2) is 0 Å². The highest BCUT2D eigenvalue weighted by Crippen LogP contribution is 2.59. The summed E-state index contributed by atoms with van der Waals surface area (Å²) in [5.41, 5.74) is 2.96. The minimum absolute atomic E-state index is 0.0221. The molecular formula is C21H26O2. The number of benzene rings is 1. The van der Waals surface area contributed by atoms with Crippen LogP contribution in [0.5, 0.6) is 5.75 Å². The van der Waals surface area contributed by atoms with Gasteiger partial charge in [-0.15, -0.1) is 0 Å². The fourth-order valence-corrected chi connectivity index (χ4v) is 5.57. The van der Waals surface area contributed by atoms with Gasteiger partial charge in [0, 0.05) is 11.8 Å². The van der Waals surface area contributed by atoms with Crippen molar-refractivity contribution in [2.24, 2.45) is 17.3 Å². The van der Waals surface area contributed by atoms with Gasteiger partial charge in [-0.2, -0.15) is 0 Å². The zero-order chi connectivity index (χ0) is 16.0. The van der Waals surface area contributed by atoms with Crippen LogP contribution in [0, 0.1) is 17.3 Å². The minimum atomic E-state index is -0.0221. The molecular weight excluding hydrogens is 284 g/mol. The zero-order valence-corrected chi connectivity index (χ0v) is 14.0. The summed E-state index contributed by atoms with van der Waals surface area (Å²) in [5, 5.41) is 0. The van der Waals surface area contributed by atoms with E-state index in [1.54, 1.807) is 6.08 Å². The molecule has 2 heteroatoms. The quantitative estimate of drug-likeness (QED) is 0.758. The fraction of sp³-hybridized carbons (Fsp3) is 0.571. The monoisotopic (exact) mass is 310 g/mol. The Hall–Kier alpha value is -1.57. The molecule has 0 aliphatic heterocycles. The number of carbonyl (C=O) groups is 1. The first-order valence-corrected chi connectivity index (χ1v) is 9.03. The van der Waals surface area contributed by atoms with Gasteiger partial charge in [0.05, 0.1) is 0 Å². The van der Waals surface area contributed by atoms with Crippen LogP contribution in [0.2, 0.25) is 0 Å². The smallest absolute Gasteiger partial charge is 0.139 e. The van der Waals surface area contributed by atoms with E-state index in [1.165, 1.54) is 24.0 Å². The molecule has 0 amide bonds. The number of ether oxygens (including phenoxy) is 1. The molecule has 0 radical (unpaired) electrons. The second-order valence-electron chi connectivity index (χ2n) is 7.79. The van der Waals surface area contributed by atoms with E-state index in [0.29, 0.717) is 30.1 Å².